The van der Waals surface area contributed by atoms with Crippen LogP contribution >= 0.6 is 0 Å². The Morgan fingerprint density at radius 3 is 2.19 bits per heavy atom. The number of hydrogen-bond donors (Lipinski definition) is 0. The van der Waals surface area contributed by atoms with Gasteiger partial charge in [0.25, 0.3) is 0 Å². The van der Waals surface area contributed by atoms with Crippen molar-refractivity contribution in [3.8, 4) is 5.75 Å². The van der Waals surface area contributed by atoms with Crippen molar-refractivity contribution in [3.05, 3.63) is 23.3 Å². The van der Waals surface area contributed by atoms with Gasteiger partial charge in [0.2, 0.25) is 15.9 Å². The van der Waals surface area contributed by atoms with Crippen LogP contribution in [0.15, 0.2) is 17.0 Å². The highest BCUT2D eigenvalue weighted by Gasteiger charge is 2.29. The Balaban J connectivity index is 1.39. The Labute approximate surface area is 221 Å². The first kappa shape index (κ1) is 29.5. The molecule has 11 heteroatoms. The molecule has 2 saturated heterocycles. The number of rotatable bonds is 11. The number of carbonyl (C=O) groups is 2. The van der Waals surface area contributed by atoms with E-state index in [1.165, 1.54) is 11.4 Å². The third-order valence-electron chi connectivity index (χ3n) is 7.39. The van der Waals surface area contributed by atoms with Crippen LogP contribution in [0.1, 0.15) is 24.0 Å². The van der Waals surface area contributed by atoms with Crippen LogP contribution in [0, 0.1) is 19.8 Å². The van der Waals surface area contributed by atoms with E-state index in [1.807, 2.05) is 0 Å². The molecular formula is C26H42N4O6S. The first-order valence-electron chi connectivity index (χ1n) is 12.9. The van der Waals surface area contributed by atoms with E-state index < -0.39 is 10.0 Å². The number of carbonyl (C=O) groups excluding carboxylic acids is 2. The fourth-order valence-corrected chi connectivity index (χ4v) is 6.52. The van der Waals surface area contributed by atoms with E-state index in [2.05, 4.69) is 16.8 Å². The number of amides is 1. The minimum Gasteiger partial charge on any atom is -0.497 e. The minimum atomic E-state index is -3.71. The van der Waals surface area contributed by atoms with Crippen molar-refractivity contribution in [2.45, 2.75) is 31.6 Å². The standard InChI is InChI=1S/C26H42N4O6S/c1-20-16-23(35-5)17-21(2)26(20)37(33,34)28(4)14-15-36-19-25(32)30-8-6-22(7-9-30)24(31)18-29-12-10-27(3)11-13-29/h16-17,22H,6-15,18-19H2,1-5H3. The average Bonchev–Trinajstić information content (AvgIpc) is 2.87. The molecule has 0 aliphatic carbocycles. The molecule has 0 saturated carbocycles. The van der Waals surface area contributed by atoms with Crippen LogP contribution in [0.3, 0.4) is 0 Å². The molecule has 10 nitrogen and oxygen atoms in total. The van der Waals surface area contributed by atoms with Crippen LogP contribution < -0.4 is 4.74 Å². The molecule has 37 heavy (non-hydrogen) atoms. The highest BCUT2D eigenvalue weighted by molar-refractivity contribution is 7.89. The lowest BCUT2D eigenvalue weighted by atomic mass is 9.92. The van der Waals surface area contributed by atoms with Crippen LogP contribution in [-0.2, 0) is 24.3 Å². The minimum absolute atomic E-state index is 0.00773. The zero-order valence-corrected chi connectivity index (χ0v) is 23.7. The fraction of sp³-hybridized carbons (Fsp3) is 0.692. The number of likely N-dealkylation sites (tertiary alicyclic amines) is 1. The number of methoxy groups -OCH3 is 1. The van der Waals surface area contributed by atoms with E-state index in [1.54, 1.807) is 38.0 Å². The Kier molecular flexibility index (Phi) is 10.5. The summed E-state index contributed by atoms with van der Waals surface area (Å²) in [6.45, 7) is 9.04. The molecule has 2 heterocycles. The van der Waals surface area contributed by atoms with Gasteiger partial charge in [-0.1, -0.05) is 0 Å². The van der Waals surface area contributed by atoms with Crippen molar-refractivity contribution in [3.63, 3.8) is 0 Å². The summed E-state index contributed by atoms with van der Waals surface area (Å²) in [5, 5.41) is 0. The molecule has 0 spiro atoms. The van der Waals surface area contributed by atoms with E-state index in [0.29, 0.717) is 49.4 Å². The van der Waals surface area contributed by atoms with Gasteiger partial charge in [-0.05, 0) is 57.0 Å². The smallest absolute Gasteiger partial charge is 0.248 e. The maximum atomic E-state index is 13.1. The summed E-state index contributed by atoms with van der Waals surface area (Å²) in [7, 11) is 1.44. The van der Waals surface area contributed by atoms with Crippen LogP contribution in [0.2, 0.25) is 0 Å². The number of sulfonamides is 1. The number of nitrogens with zero attached hydrogens (tertiary/aromatic N) is 4. The van der Waals surface area contributed by atoms with Gasteiger partial charge in [-0.25, -0.2) is 8.42 Å². The van der Waals surface area contributed by atoms with Gasteiger partial charge < -0.3 is 19.3 Å². The Morgan fingerprint density at radius 1 is 1.03 bits per heavy atom. The summed E-state index contributed by atoms with van der Waals surface area (Å²) >= 11 is 0. The van der Waals surface area contributed by atoms with Crippen molar-refractivity contribution in [2.24, 2.45) is 5.92 Å². The summed E-state index contributed by atoms with van der Waals surface area (Å²) in [5.74, 6) is 0.770. The summed E-state index contributed by atoms with van der Waals surface area (Å²) in [5.41, 5.74) is 1.23. The normalized spacial score (nSPS) is 18.4. The highest BCUT2D eigenvalue weighted by Crippen LogP contribution is 2.27. The molecule has 1 aromatic rings. The van der Waals surface area contributed by atoms with Crippen molar-refractivity contribution < 1.29 is 27.5 Å². The number of piperidine rings is 1. The van der Waals surface area contributed by atoms with E-state index >= 15 is 0 Å². The molecule has 0 N–H and O–H groups in total. The van der Waals surface area contributed by atoms with Gasteiger partial charge in [-0.2, -0.15) is 4.31 Å². The average molecular weight is 539 g/mol. The van der Waals surface area contributed by atoms with Crippen molar-refractivity contribution in [1.82, 2.24) is 19.0 Å². The Bertz CT molecular complexity index is 1020. The van der Waals surface area contributed by atoms with Crippen LogP contribution in [0.5, 0.6) is 5.75 Å². The first-order valence-corrected chi connectivity index (χ1v) is 14.4. The molecule has 2 aliphatic rings. The zero-order valence-electron chi connectivity index (χ0n) is 22.9. The van der Waals surface area contributed by atoms with Crippen LogP contribution in [0.4, 0.5) is 0 Å². The van der Waals surface area contributed by atoms with Crippen molar-refractivity contribution >= 4 is 21.7 Å². The Hall–Kier alpha value is -2.05. The lowest BCUT2D eigenvalue weighted by Gasteiger charge is -2.35. The third-order valence-corrected chi connectivity index (χ3v) is 9.56. The summed E-state index contributed by atoms with van der Waals surface area (Å²) in [4.78, 5) is 31.8. The molecule has 0 aromatic heterocycles. The van der Waals surface area contributed by atoms with Gasteiger partial charge in [0.15, 0.2) is 0 Å². The molecule has 1 aromatic carbocycles. The number of ketones is 1. The summed E-state index contributed by atoms with van der Waals surface area (Å²) < 4.78 is 38.2. The second kappa shape index (κ2) is 13.1. The molecule has 3 rings (SSSR count). The first-order chi connectivity index (χ1) is 17.5. The fourth-order valence-electron chi connectivity index (χ4n) is 4.96. The maximum Gasteiger partial charge on any atom is 0.248 e. The van der Waals surface area contributed by atoms with Crippen LogP contribution in [0.25, 0.3) is 0 Å². The largest absolute Gasteiger partial charge is 0.497 e. The van der Waals surface area contributed by atoms with Gasteiger partial charge >= 0.3 is 0 Å². The summed E-state index contributed by atoms with van der Waals surface area (Å²) in [6.07, 6.45) is 1.36. The van der Waals surface area contributed by atoms with Gasteiger partial charge in [0, 0.05) is 58.8 Å². The Morgan fingerprint density at radius 2 is 1.62 bits per heavy atom. The number of Topliss-reactive ketones (excluding diaryl/α,β-unsaturated/α-hetero) is 1. The van der Waals surface area contributed by atoms with E-state index in [0.717, 1.165) is 26.2 Å². The maximum absolute atomic E-state index is 13.1. The number of piperazine rings is 1. The van der Waals surface area contributed by atoms with E-state index in [4.69, 9.17) is 9.47 Å². The number of aryl methyl sites for hydroxylation is 2. The van der Waals surface area contributed by atoms with Crippen molar-refractivity contribution in [1.29, 1.82) is 0 Å². The molecule has 2 aliphatic heterocycles. The molecule has 1 amide bonds. The molecular weight excluding hydrogens is 496 g/mol. The number of benzene rings is 1. The molecule has 0 atom stereocenters. The predicted octanol–water partition coefficient (Wildman–Crippen LogP) is 1.00. The zero-order chi connectivity index (χ0) is 27.2. The van der Waals surface area contributed by atoms with Crippen molar-refractivity contribution in [2.75, 3.05) is 86.8 Å². The SMILES string of the molecule is COc1cc(C)c(S(=O)(=O)N(C)CCOCC(=O)N2CCC(C(=O)CN3CCN(C)CC3)CC2)c(C)c1. The number of likely N-dealkylation sites (N-methyl/N-ethyl adjacent to an activating group) is 2. The lowest BCUT2D eigenvalue weighted by molar-refractivity contribution is -0.139. The lowest BCUT2D eigenvalue weighted by Crippen LogP contribution is -2.48. The predicted molar refractivity (Wildman–Crippen MR) is 141 cm³/mol. The van der Waals surface area contributed by atoms with Gasteiger partial charge in [0.05, 0.1) is 25.2 Å². The van der Waals surface area contributed by atoms with Gasteiger partial charge in [0.1, 0.15) is 18.1 Å². The second-order valence-electron chi connectivity index (χ2n) is 10.2. The number of hydrogen-bond acceptors (Lipinski definition) is 8. The van der Waals surface area contributed by atoms with Crippen LogP contribution in [-0.4, -0.2) is 126 Å². The number of ether oxygens (including phenoxy) is 2. The monoisotopic (exact) mass is 538 g/mol. The van der Waals surface area contributed by atoms with Gasteiger partial charge in [-0.15, -0.1) is 0 Å². The summed E-state index contributed by atoms with van der Waals surface area (Å²) in [6, 6.07) is 3.40. The highest BCUT2D eigenvalue weighted by atomic mass is 32.2. The quantitative estimate of drug-likeness (QED) is 0.385. The molecule has 0 unspecified atom stereocenters. The molecule has 208 valence electrons. The van der Waals surface area contributed by atoms with Gasteiger partial charge in [-0.3, -0.25) is 14.5 Å². The van der Waals surface area contributed by atoms with E-state index in [-0.39, 0.29) is 42.3 Å². The van der Waals surface area contributed by atoms with E-state index in [9.17, 15) is 18.0 Å². The molecule has 0 radical (unpaired) electrons. The topological polar surface area (TPSA) is 99.7 Å². The molecule has 0 bridgehead atoms. The second-order valence-corrected chi connectivity index (χ2v) is 12.2. The molecule has 2 fully saturated rings. The third kappa shape index (κ3) is 7.73.